The molecule has 8 heteroatoms. The van der Waals surface area contributed by atoms with Crippen molar-refractivity contribution in [2.24, 2.45) is 0 Å². The smallest absolute Gasteiger partial charge is 0.241 e. The van der Waals surface area contributed by atoms with Crippen molar-refractivity contribution in [3.8, 4) is 11.5 Å². The van der Waals surface area contributed by atoms with Gasteiger partial charge in [-0.2, -0.15) is 0 Å². The van der Waals surface area contributed by atoms with Crippen LogP contribution in [-0.4, -0.2) is 65.8 Å². The van der Waals surface area contributed by atoms with Crippen LogP contribution in [-0.2, 0) is 10.0 Å². The molecule has 0 aromatic heterocycles. The SMILES string of the molecule is O=S(=O)(NCCCCN1CCN(c2cccc3c2OCCO3)CC1)c1cccc2ccccc12. The van der Waals surface area contributed by atoms with Gasteiger partial charge < -0.3 is 14.4 Å². The van der Waals surface area contributed by atoms with E-state index in [9.17, 15) is 8.42 Å². The molecule has 0 spiro atoms. The van der Waals surface area contributed by atoms with Crippen LogP contribution in [0.4, 0.5) is 5.69 Å². The standard InChI is InChI=1S/C26H31N3O4S/c30-34(31,25-12-5-8-21-7-1-2-9-22(21)25)27-13-3-4-14-28-15-17-29(18-16-28)23-10-6-11-24-26(23)33-20-19-32-24/h1-2,5-12,27H,3-4,13-20H2. The Morgan fingerprint density at radius 3 is 2.47 bits per heavy atom. The minimum Gasteiger partial charge on any atom is -0.486 e. The van der Waals surface area contributed by atoms with E-state index in [0.717, 1.165) is 73.5 Å². The van der Waals surface area contributed by atoms with Crippen molar-refractivity contribution in [1.82, 2.24) is 9.62 Å². The van der Waals surface area contributed by atoms with E-state index >= 15 is 0 Å². The average molecular weight is 482 g/mol. The normalized spacial score (nSPS) is 16.6. The number of nitrogens with one attached hydrogen (secondary N) is 1. The van der Waals surface area contributed by atoms with E-state index < -0.39 is 10.0 Å². The fraction of sp³-hybridized carbons (Fsp3) is 0.385. The average Bonchev–Trinajstić information content (AvgIpc) is 2.88. The Hall–Kier alpha value is -2.81. The molecular weight excluding hydrogens is 450 g/mol. The molecule has 5 rings (SSSR count). The van der Waals surface area contributed by atoms with Gasteiger partial charge in [0, 0.05) is 38.1 Å². The lowest BCUT2D eigenvalue weighted by Crippen LogP contribution is -2.46. The van der Waals surface area contributed by atoms with E-state index in [1.54, 1.807) is 12.1 Å². The predicted molar refractivity (Wildman–Crippen MR) is 134 cm³/mol. The first-order valence-corrected chi connectivity index (χ1v) is 13.4. The van der Waals surface area contributed by atoms with Gasteiger partial charge in [-0.25, -0.2) is 13.1 Å². The maximum absolute atomic E-state index is 12.8. The summed E-state index contributed by atoms with van der Waals surface area (Å²) in [4.78, 5) is 5.16. The third-order valence-corrected chi connectivity index (χ3v) is 8.01. The number of benzene rings is 3. The van der Waals surface area contributed by atoms with Gasteiger partial charge in [-0.3, -0.25) is 4.90 Å². The topological polar surface area (TPSA) is 71.1 Å². The lowest BCUT2D eigenvalue weighted by atomic mass is 10.1. The first kappa shape index (κ1) is 23.0. The van der Waals surface area contributed by atoms with Gasteiger partial charge in [-0.05, 0) is 43.0 Å². The number of para-hydroxylation sites is 1. The van der Waals surface area contributed by atoms with Crippen LogP contribution < -0.4 is 19.1 Å². The number of sulfonamides is 1. The summed E-state index contributed by atoms with van der Waals surface area (Å²) in [6, 6.07) is 19.1. The predicted octanol–water partition coefficient (Wildman–Crippen LogP) is 3.49. The van der Waals surface area contributed by atoms with Gasteiger partial charge in [0.2, 0.25) is 10.0 Å². The van der Waals surface area contributed by atoms with Crippen LogP contribution in [0.25, 0.3) is 10.8 Å². The number of hydrogen-bond donors (Lipinski definition) is 1. The summed E-state index contributed by atoms with van der Waals surface area (Å²) in [5.74, 6) is 1.69. The summed E-state index contributed by atoms with van der Waals surface area (Å²) in [5, 5.41) is 1.69. The Kier molecular flexibility index (Phi) is 6.89. The van der Waals surface area contributed by atoms with E-state index in [1.165, 1.54) is 0 Å². The summed E-state index contributed by atoms with van der Waals surface area (Å²) in [6.07, 6.45) is 1.76. The zero-order valence-corrected chi connectivity index (χ0v) is 20.1. The lowest BCUT2D eigenvalue weighted by Gasteiger charge is -2.37. The summed E-state index contributed by atoms with van der Waals surface area (Å²) in [7, 11) is -3.53. The van der Waals surface area contributed by atoms with E-state index in [2.05, 4.69) is 20.6 Å². The van der Waals surface area contributed by atoms with Gasteiger partial charge in [0.1, 0.15) is 13.2 Å². The second-order valence-corrected chi connectivity index (χ2v) is 10.4. The van der Waals surface area contributed by atoms with Crippen LogP contribution in [0.15, 0.2) is 65.6 Å². The molecule has 0 unspecified atom stereocenters. The van der Waals surface area contributed by atoms with Gasteiger partial charge >= 0.3 is 0 Å². The minimum atomic E-state index is -3.53. The number of ether oxygens (including phenoxy) is 2. The Morgan fingerprint density at radius 1 is 0.824 bits per heavy atom. The quantitative estimate of drug-likeness (QED) is 0.497. The molecule has 34 heavy (non-hydrogen) atoms. The summed E-state index contributed by atoms with van der Waals surface area (Å²) < 4.78 is 40.0. The van der Waals surface area contributed by atoms with E-state index in [-0.39, 0.29) is 0 Å². The number of piperazine rings is 1. The molecular formula is C26H31N3O4S. The molecule has 2 heterocycles. The molecule has 1 N–H and O–H groups in total. The molecule has 0 aliphatic carbocycles. The van der Waals surface area contributed by atoms with Crippen LogP contribution in [0.2, 0.25) is 0 Å². The molecule has 3 aromatic rings. The third kappa shape index (κ3) is 4.99. The van der Waals surface area contributed by atoms with E-state index in [0.29, 0.717) is 24.7 Å². The highest BCUT2D eigenvalue weighted by atomic mass is 32.2. The molecule has 0 atom stereocenters. The first-order chi connectivity index (χ1) is 16.6. The van der Waals surface area contributed by atoms with Crippen molar-refractivity contribution in [2.45, 2.75) is 17.7 Å². The summed E-state index contributed by atoms with van der Waals surface area (Å²) in [5.41, 5.74) is 1.11. The van der Waals surface area contributed by atoms with Crippen LogP contribution in [0.5, 0.6) is 11.5 Å². The van der Waals surface area contributed by atoms with Crippen LogP contribution in [0, 0.1) is 0 Å². The van der Waals surface area contributed by atoms with Crippen LogP contribution in [0.3, 0.4) is 0 Å². The van der Waals surface area contributed by atoms with Gasteiger partial charge in [0.05, 0.1) is 10.6 Å². The molecule has 0 bridgehead atoms. The minimum absolute atomic E-state index is 0.346. The number of nitrogens with zero attached hydrogens (tertiary/aromatic N) is 2. The highest BCUT2D eigenvalue weighted by molar-refractivity contribution is 7.89. The number of rotatable bonds is 8. The molecule has 2 aliphatic rings. The maximum Gasteiger partial charge on any atom is 0.241 e. The van der Waals surface area contributed by atoms with Gasteiger partial charge in [-0.1, -0.05) is 42.5 Å². The molecule has 2 aliphatic heterocycles. The monoisotopic (exact) mass is 481 g/mol. The fourth-order valence-electron chi connectivity index (χ4n) is 4.69. The third-order valence-electron chi connectivity index (χ3n) is 6.49. The van der Waals surface area contributed by atoms with Crippen molar-refractivity contribution in [2.75, 3.05) is 57.4 Å². The Bertz CT molecular complexity index is 1230. The van der Waals surface area contributed by atoms with Crippen molar-refractivity contribution >= 4 is 26.5 Å². The summed E-state index contributed by atoms with van der Waals surface area (Å²) in [6.45, 7) is 6.44. The molecule has 0 saturated carbocycles. The first-order valence-electron chi connectivity index (χ1n) is 12.0. The molecule has 3 aromatic carbocycles. The molecule has 7 nitrogen and oxygen atoms in total. The Labute approximate surface area is 201 Å². The fourth-order valence-corrected chi connectivity index (χ4v) is 6.00. The molecule has 180 valence electrons. The Balaban J connectivity index is 1.07. The number of anilines is 1. The van der Waals surface area contributed by atoms with Crippen LogP contribution >= 0.6 is 0 Å². The van der Waals surface area contributed by atoms with Crippen LogP contribution in [0.1, 0.15) is 12.8 Å². The molecule has 1 saturated heterocycles. The largest absolute Gasteiger partial charge is 0.486 e. The number of unbranched alkanes of at least 4 members (excludes halogenated alkanes) is 1. The Morgan fingerprint density at radius 2 is 1.59 bits per heavy atom. The number of hydrogen-bond acceptors (Lipinski definition) is 6. The van der Waals surface area contributed by atoms with Gasteiger partial charge in [0.15, 0.2) is 11.5 Å². The van der Waals surface area contributed by atoms with Crippen molar-refractivity contribution in [3.05, 3.63) is 60.7 Å². The van der Waals surface area contributed by atoms with E-state index in [1.807, 2.05) is 42.5 Å². The van der Waals surface area contributed by atoms with Gasteiger partial charge in [0.25, 0.3) is 0 Å². The highest BCUT2D eigenvalue weighted by Gasteiger charge is 2.23. The highest BCUT2D eigenvalue weighted by Crippen LogP contribution is 2.39. The molecule has 0 radical (unpaired) electrons. The maximum atomic E-state index is 12.8. The summed E-state index contributed by atoms with van der Waals surface area (Å²) >= 11 is 0. The van der Waals surface area contributed by atoms with Crippen molar-refractivity contribution in [3.63, 3.8) is 0 Å². The zero-order valence-electron chi connectivity index (χ0n) is 19.3. The number of fused-ring (bicyclic) bond motifs is 2. The second kappa shape index (κ2) is 10.2. The van der Waals surface area contributed by atoms with Gasteiger partial charge in [-0.15, -0.1) is 0 Å². The molecule has 0 amide bonds. The van der Waals surface area contributed by atoms with Crippen molar-refractivity contribution in [1.29, 1.82) is 0 Å². The van der Waals surface area contributed by atoms with E-state index in [4.69, 9.17) is 9.47 Å². The zero-order chi connectivity index (χ0) is 23.4. The second-order valence-electron chi connectivity index (χ2n) is 8.71. The molecule has 1 fully saturated rings. The van der Waals surface area contributed by atoms with Crippen molar-refractivity contribution < 1.29 is 17.9 Å². The lowest BCUT2D eigenvalue weighted by molar-refractivity contribution is 0.171.